The molecule has 6 heteroatoms. The van der Waals surface area contributed by atoms with Crippen molar-refractivity contribution in [1.82, 2.24) is 10.1 Å². The molecule has 20 heavy (non-hydrogen) atoms. The number of benzene rings is 1. The van der Waals surface area contributed by atoms with Crippen LogP contribution in [0.4, 0.5) is 6.01 Å². The smallest absolute Gasteiger partial charge is 0.324 e. The summed E-state index contributed by atoms with van der Waals surface area (Å²) in [6.45, 7) is 1.49. The number of ether oxygens (including phenoxy) is 2. The van der Waals surface area contributed by atoms with E-state index >= 15 is 0 Å². The fraction of sp³-hybridized carbons (Fsp3) is 0.429. The van der Waals surface area contributed by atoms with Crippen LogP contribution in [0.15, 0.2) is 28.8 Å². The number of anilines is 1. The Morgan fingerprint density at radius 1 is 1.40 bits per heavy atom. The van der Waals surface area contributed by atoms with Crippen molar-refractivity contribution in [3.05, 3.63) is 24.3 Å². The van der Waals surface area contributed by atoms with E-state index in [1.807, 2.05) is 36.2 Å². The van der Waals surface area contributed by atoms with Crippen molar-refractivity contribution >= 4 is 6.01 Å². The standard InChI is InChI=1S/C14H17N3O3/c1-17(11-6-7-19-9-11)14-15-13(16-20-14)10-4-3-5-12(8-10)18-2/h3-5,8,11H,6-7,9H2,1-2H3. The van der Waals surface area contributed by atoms with Gasteiger partial charge in [0, 0.05) is 19.2 Å². The Labute approximate surface area is 117 Å². The summed E-state index contributed by atoms with van der Waals surface area (Å²) < 4.78 is 15.9. The van der Waals surface area contributed by atoms with E-state index in [9.17, 15) is 0 Å². The minimum Gasteiger partial charge on any atom is -0.497 e. The Hall–Kier alpha value is -2.08. The summed E-state index contributed by atoms with van der Waals surface area (Å²) in [6, 6.07) is 8.40. The van der Waals surface area contributed by atoms with Crippen molar-refractivity contribution in [2.75, 3.05) is 32.3 Å². The molecule has 1 fully saturated rings. The first-order valence-electron chi connectivity index (χ1n) is 6.56. The number of aromatic nitrogens is 2. The van der Waals surface area contributed by atoms with Gasteiger partial charge in [0.25, 0.3) is 0 Å². The van der Waals surface area contributed by atoms with Crippen molar-refractivity contribution in [1.29, 1.82) is 0 Å². The van der Waals surface area contributed by atoms with Gasteiger partial charge < -0.3 is 18.9 Å². The van der Waals surface area contributed by atoms with Gasteiger partial charge in [-0.05, 0) is 18.6 Å². The summed E-state index contributed by atoms with van der Waals surface area (Å²) in [5, 5.41) is 4.03. The minimum atomic E-state index is 0.300. The molecular weight excluding hydrogens is 258 g/mol. The van der Waals surface area contributed by atoms with Crippen LogP contribution in [0.2, 0.25) is 0 Å². The van der Waals surface area contributed by atoms with E-state index in [0.717, 1.165) is 24.3 Å². The van der Waals surface area contributed by atoms with Gasteiger partial charge in [-0.25, -0.2) is 0 Å². The van der Waals surface area contributed by atoms with E-state index in [1.54, 1.807) is 7.11 Å². The van der Waals surface area contributed by atoms with E-state index in [4.69, 9.17) is 14.0 Å². The number of methoxy groups -OCH3 is 1. The van der Waals surface area contributed by atoms with Gasteiger partial charge >= 0.3 is 6.01 Å². The summed E-state index contributed by atoms with van der Waals surface area (Å²) in [6.07, 6.45) is 0.980. The van der Waals surface area contributed by atoms with Crippen LogP contribution in [0.5, 0.6) is 5.75 Å². The maximum atomic E-state index is 5.37. The summed E-state index contributed by atoms with van der Waals surface area (Å²) in [5.41, 5.74) is 0.871. The molecule has 1 aromatic carbocycles. The molecule has 3 rings (SSSR count). The Morgan fingerprint density at radius 3 is 3.05 bits per heavy atom. The number of hydrogen-bond acceptors (Lipinski definition) is 6. The molecule has 1 saturated heterocycles. The normalized spacial score (nSPS) is 18.2. The molecule has 0 amide bonds. The van der Waals surface area contributed by atoms with Crippen LogP contribution < -0.4 is 9.64 Å². The Kier molecular flexibility index (Phi) is 3.56. The highest BCUT2D eigenvalue weighted by molar-refractivity contribution is 5.58. The van der Waals surface area contributed by atoms with Crippen LogP contribution in [0.3, 0.4) is 0 Å². The first kappa shape index (κ1) is 12.9. The summed E-state index contributed by atoms with van der Waals surface area (Å²) in [7, 11) is 3.58. The van der Waals surface area contributed by atoms with Crippen molar-refractivity contribution < 1.29 is 14.0 Å². The summed E-state index contributed by atoms with van der Waals surface area (Å²) in [5.74, 6) is 1.33. The van der Waals surface area contributed by atoms with Gasteiger partial charge in [-0.3, -0.25) is 0 Å². The molecule has 2 heterocycles. The third-order valence-electron chi connectivity index (χ3n) is 3.50. The van der Waals surface area contributed by atoms with E-state index in [1.165, 1.54) is 0 Å². The SMILES string of the molecule is COc1cccc(-c2noc(N(C)C3CCOC3)n2)c1. The number of nitrogens with zero attached hydrogens (tertiary/aromatic N) is 3. The van der Waals surface area contributed by atoms with Crippen LogP contribution in [0.25, 0.3) is 11.4 Å². The highest BCUT2D eigenvalue weighted by Gasteiger charge is 2.24. The topological polar surface area (TPSA) is 60.6 Å². The molecular formula is C14H17N3O3. The molecule has 0 bridgehead atoms. The lowest BCUT2D eigenvalue weighted by Crippen LogP contribution is -2.31. The molecule has 0 spiro atoms. The van der Waals surface area contributed by atoms with Gasteiger partial charge in [0.15, 0.2) is 0 Å². The second kappa shape index (κ2) is 5.50. The third-order valence-corrected chi connectivity index (χ3v) is 3.50. The average Bonchev–Trinajstić information content (AvgIpc) is 3.18. The molecule has 0 aliphatic carbocycles. The van der Waals surface area contributed by atoms with Gasteiger partial charge in [0.05, 0.1) is 19.8 Å². The Balaban J connectivity index is 1.81. The summed E-state index contributed by atoms with van der Waals surface area (Å²) in [4.78, 5) is 6.41. The largest absolute Gasteiger partial charge is 0.497 e. The van der Waals surface area contributed by atoms with Crippen molar-refractivity contribution in [3.8, 4) is 17.1 Å². The Bertz CT molecular complexity index is 579. The van der Waals surface area contributed by atoms with Crippen LogP contribution in [0, 0.1) is 0 Å². The van der Waals surface area contributed by atoms with Crippen molar-refractivity contribution in [2.45, 2.75) is 12.5 Å². The lowest BCUT2D eigenvalue weighted by Gasteiger charge is -2.19. The van der Waals surface area contributed by atoms with Gasteiger partial charge in [0.1, 0.15) is 5.75 Å². The monoisotopic (exact) mass is 275 g/mol. The molecule has 106 valence electrons. The number of likely N-dealkylation sites (N-methyl/N-ethyl adjacent to an activating group) is 1. The van der Waals surface area contributed by atoms with E-state index in [0.29, 0.717) is 24.5 Å². The second-order valence-corrected chi connectivity index (χ2v) is 4.76. The van der Waals surface area contributed by atoms with Crippen molar-refractivity contribution in [3.63, 3.8) is 0 Å². The van der Waals surface area contributed by atoms with Gasteiger partial charge in [-0.15, -0.1) is 0 Å². The molecule has 1 unspecified atom stereocenters. The minimum absolute atomic E-state index is 0.300. The van der Waals surface area contributed by atoms with Gasteiger partial charge in [0.2, 0.25) is 5.82 Å². The highest BCUT2D eigenvalue weighted by atomic mass is 16.5. The zero-order chi connectivity index (χ0) is 13.9. The average molecular weight is 275 g/mol. The van der Waals surface area contributed by atoms with E-state index in [2.05, 4.69) is 10.1 Å². The molecule has 2 aromatic rings. The van der Waals surface area contributed by atoms with Crippen LogP contribution in [-0.4, -0.2) is 43.6 Å². The molecule has 1 atom stereocenters. The molecule has 0 radical (unpaired) electrons. The first-order chi connectivity index (χ1) is 9.78. The lowest BCUT2D eigenvalue weighted by atomic mass is 10.2. The molecule has 1 aliphatic rings. The van der Waals surface area contributed by atoms with Crippen LogP contribution in [0.1, 0.15) is 6.42 Å². The quantitative estimate of drug-likeness (QED) is 0.850. The maximum Gasteiger partial charge on any atom is 0.324 e. The summed E-state index contributed by atoms with van der Waals surface area (Å²) >= 11 is 0. The van der Waals surface area contributed by atoms with Gasteiger partial charge in [-0.2, -0.15) is 4.98 Å². The van der Waals surface area contributed by atoms with Crippen LogP contribution in [-0.2, 0) is 4.74 Å². The first-order valence-corrected chi connectivity index (χ1v) is 6.56. The zero-order valence-electron chi connectivity index (χ0n) is 11.6. The predicted octanol–water partition coefficient (Wildman–Crippen LogP) is 1.97. The van der Waals surface area contributed by atoms with Crippen molar-refractivity contribution in [2.24, 2.45) is 0 Å². The number of hydrogen-bond donors (Lipinski definition) is 0. The number of rotatable bonds is 4. The molecule has 1 aromatic heterocycles. The van der Waals surface area contributed by atoms with Crippen LogP contribution >= 0.6 is 0 Å². The van der Waals surface area contributed by atoms with E-state index in [-0.39, 0.29) is 0 Å². The highest BCUT2D eigenvalue weighted by Crippen LogP contribution is 2.24. The fourth-order valence-corrected chi connectivity index (χ4v) is 2.22. The fourth-order valence-electron chi connectivity index (χ4n) is 2.22. The second-order valence-electron chi connectivity index (χ2n) is 4.76. The maximum absolute atomic E-state index is 5.37. The zero-order valence-corrected chi connectivity index (χ0v) is 11.6. The van der Waals surface area contributed by atoms with E-state index < -0.39 is 0 Å². The Morgan fingerprint density at radius 2 is 2.30 bits per heavy atom. The molecule has 0 saturated carbocycles. The third kappa shape index (κ3) is 2.46. The van der Waals surface area contributed by atoms with Gasteiger partial charge in [-0.1, -0.05) is 17.3 Å². The molecule has 6 nitrogen and oxygen atoms in total. The lowest BCUT2D eigenvalue weighted by molar-refractivity contribution is 0.193. The predicted molar refractivity (Wildman–Crippen MR) is 73.9 cm³/mol. The molecule has 1 aliphatic heterocycles. The molecule has 0 N–H and O–H groups in total.